The number of hydrogen-bond donors (Lipinski definition) is 1. The van der Waals surface area contributed by atoms with Crippen molar-refractivity contribution in [1.29, 1.82) is 0 Å². The lowest BCUT2D eigenvalue weighted by atomic mass is 10.0. The molecule has 68 valence electrons. The van der Waals surface area contributed by atoms with E-state index in [0.717, 1.165) is 10.9 Å². The molecule has 3 nitrogen and oxygen atoms in total. The Morgan fingerprint density at radius 3 is 2.75 bits per heavy atom. The monoisotopic (exact) mass is 231 g/mol. The van der Waals surface area contributed by atoms with Crippen molar-refractivity contribution in [2.45, 2.75) is 19.3 Å². The third-order valence-electron chi connectivity index (χ3n) is 2.10. The van der Waals surface area contributed by atoms with E-state index >= 15 is 0 Å². The molecule has 1 unspecified atom stereocenters. The molecule has 0 saturated heterocycles. The molecule has 0 saturated carbocycles. The summed E-state index contributed by atoms with van der Waals surface area (Å²) in [4.78, 5) is 0. The van der Waals surface area contributed by atoms with Gasteiger partial charge in [-0.1, -0.05) is 6.92 Å². The standard InChI is InChI=1S/C8H14BrN3/c1-3-6(4-10)8-7(9)5-11-12(8)2/h5-6H,3-4,10H2,1-2H3. The van der Waals surface area contributed by atoms with Crippen LogP contribution in [0.1, 0.15) is 25.0 Å². The van der Waals surface area contributed by atoms with Gasteiger partial charge in [-0.05, 0) is 22.4 Å². The van der Waals surface area contributed by atoms with Gasteiger partial charge in [0.25, 0.3) is 0 Å². The van der Waals surface area contributed by atoms with E-state index in [1.165, 1.54) is 5.69 Å². The Hall–Kier alpha value is -0.350. The second-order valence-corrected chi connectivity index (χ2v) is 3.70. The molecule has 0 spiro atoms. The minimum Gasteiger partial charge on any atom is -0.330 e. The fourth-order valence-corrected chi connectivity index (χ4v) is 2.02. The highest BCUT2D eigenvalue weighted by Crippen LogP contribution is 2.25. The van der Waals surface area contributed by atoms with Gasteiger partial charge in [-0.2, -0.15) is 5.10 Å². The van der Waals surface area contributed by atoms with Crippen LogP contribution in [0.4, 0.5) is 0 Å². The van der Waals surface area contributed by atoms with E-state index < -0.39 is 0 Å². The molecule has 1 heterocycles. The van der Waals surface area contributed by atoms with E-state index in [0.29, 0.717) is 12.5 Å². The highest BCUT2D eigenvalue weighted by atomic mass is 79.9. The molecule has 0 radical (unpaired) electrons. The Labute approximate surface area is 81.1 Å². The minimum absolute atomic E-state index is 0.409. The van der Waals surface area contributed by atoms with E-state index in [1.54, 1.807) is 0 Å². The molecule has 1 aromatic rings. The van der Waals surface area contributed by atoms with Crippen LogP contribution in [0.25, 0.3) is 0 Å². The Balaban J connectivity index is 2.98. The van der Waals surface area contributed by atoms with Crippen LogP contribution in [0.15, 0.2) is 10.7 Å². The van der Waals surface area contributed by atoms with Crippen molar-refractivity contribution in [3.8, 4) is 0 Å². The maximum atomic E-state index is 5.65. The fourth-order valence-electron chi connectivity index (χ4n) is 1.35. The second-order valence-electron chi connectivity index (χ2n) is 2.84. The first kappa shape index (κ1) is 9.74. The number of aromatic nitrogens is 2. The predicted molar refractivity (Wildman–Crippen MR) is 53.0 cm³/mol. The molecule has 0 aliphatic carbocycles. The van der Waals surface area contributed by atoms with Crippen LogP contribution in [-0.4, -0.2) is 16.3 Å². The quantitative estimate of drug-likeness (QED) is 0.860. The average Bonchev–Trinajstić information content (AvgIpc) is 2.38. The Morgan fingerprint density at radius 2 is 2.42 bits per heavy atom. The molecule has 0 bridgehead atoms. The molecule has 12 heavy (non-hydrogen) atoms. The number of aryl methyl sites for hydroxylation is 1. The van der Waals surface area contributed by atoms with Crippen LogP contribution in [0, 0.1) is 0 Å². The molecule has 0 aromatic carbocycles. The zero-order valence-electron chi connectivity index (χ0n) is 7.42. The smallest absolute Gasteiger partial charge is 0.0635 e. The lowest BCUT2D eigenvalue weighted by Gasteiger charge is -2.12. The largest absolute Gasteiger partial charge is 0.330 e. The highest BCUT2D eigenvalue weighted by Gasteiger charge is 2.14. The van der Waals surface area contributed by atoms with Gasteiger partial charge in [0, 0.05) is 19.5 Å². The van der Waals surface area contributed by atoms with Gasteiger partial charge in [-0.15, -0.1) is 0 Å². The maximum absolute atomic E-state index is 5.65. The summed E-state index contributed by atoms with van der Waals surface area (Å²) in [6.07, 6.45) is 2.86. The summed E-state index contributed by atoms with van der Waals surface area (Å²) < 4.78 is 2.94. The van der Waals surface area contributed by atoms with Crippen molar-refractivity contribution in [2.24, 2.45) is 12.8 Å². The first-order valence-electron chi connectivity index (χ1n) is 4.08. The third kappa shape index (κ3) is 1.69. The van der Waals surface area contributed by atoms with E-state index in [4.69, 9.17) is 5.73 Å². The molecule has 0 amide bonds. The SMILES string of the molecule is CCC(CN)c1c(Br)cnn1C. The topological polar surface area (TPSA) is 43.8 Å². The average molecular weight is 232 g/mol. The number of hydrogen-bond acceptors (Lipinski definition) is 2. The molecule has 1 rings (SSSR count). The Bertz CT molecular complexity index is 233. The number of halogens is 1. The summed E-state index contributed by atoms with van der Waals surface area (Å²) in [7, 11) is 1.94. The first-order valence-corrected chi connectivity index (χ1v) is 4.87. The summed E-state index contributed by atoms with van der Waals surface area (Å²) in [5, 5.41) is 4.15. The number of rotatable bonds is 3. The van der Waals surface area contributed by atoms with Crippen LogP contribution in [0.5, 0.6) is 0 Å². The van der Waals surface area contributed by atoms with Gasteiger partial charge in [0.1, 0.15) is 0 Å². The zero-order valence-corrected chi connectivity index (χ0v) is 9.00. The normalized spacial score (nSPS) is 13.3. The lowest BCUT2D eigenvalue weighted by molar-refractivity contribution is 0.592. The van der Waals surface area contributed by atoms with Crippen LogP contribution < -0.4 is 5.73 Å². The molecule has 0 aliphatic rings. The van der Waals surface area contributed by atoms with Gasteiger partial charge in [-0.25, -0.2) is 0 Å². The summed E-state index contributed by atoms with van der Waals surface area (Å²) in [6, 6.07) is 0. The summed E-state index contributed by atoms with van der Waals surface area (Å²) in [5.74, 6) is 0.409. The summed E-state index contributed by atoms with van der Waals surface area (Å²) in [5.41, 5.74) is 6.84. The highest BCUT2D eigenvalue weighted by molar-refractivity contribution is 9.10. The van der Waals surface area contributed by atoms with Crippen molar-refractivity contribution < 1.29 is 0 Å². The van der Waals surface area contributed by atoms with Crippen LogP contribution in [0.3, 0.4) is 0 Å². The molecular formula is C8H14BrN3. The van der Waals surface area contributed by atoms with Gasteiger partial charge in [0.05, 0.1) is 16.4 Å². The number of nitrogens with zero attached hydrogens (tertiary/aromatic N) is 2. The fraction of sp³-hybridized carbons (Fsp3) is 0.625. The van der Waals surface area contributed by atoms with Gasteiger partial charge < -0.3 is 5.73 Å². The van der Waals surface area contributed by atoms with E-state index in [-0.39, 0.29) is 0 Å². The first-order chi connectivity index (χ1) is 5.70. The van der Waals surface area contributed by atoms with E-state index in [2.05, 4.69) is 28.0 Å². The second kappa shape index (κ2) is 4.05. The number of nitrogens with two attached hydrogens (primary N) is 1. The lowest BCUT2D eigenvalue weighted by Crippen LogP contribution is -2.15. The molecule has 0 fully saturated rings. The molecule has 0 aliphatic heterocycles. The maximum Gasteiger partial charge on any atom is 0.0635 e. The predicted octanol–water partition coefficient (Wildman–Crippen LogP) is 1.63. The molecule has 4 heteroatoms. The summed E-state index contributed by atoms with van der Waals surface area (Å²) in [6.45, 7) is 2.81. The van der Waals surface area contributed by atoms with Gasteiger partial charge >= 0.3 is 0 Å². The Morgan fingerprint density at radius 1 is 1.75 bits per heavy atom. The van der Waals surface area contributed by atoms with Crippen LogP contribution >= 0.6 is 15.9 Å². The van der Waals surface area contributed by atoms with Crippen molar-refractivity contribution in [2.75, 3.05) is 6.54 Å². The van der Waals surface area contributed by atoms with Gasteiger partial charge in [-0.3, -0.25) is 4.68 Å². The summed E-state index contributed by atoms with van der Waals surface area (Å²) >= 11 is 3.46. The van der Waals surface area contributed by atoms with E-state index in [9.17, 15) is 0 Å². The molecule has 2 N–H and O–H groups in total. The van der Waals surface area contributed by atoms with Gasteiger partial charge in [0.15, 0.2) is 0 Å². The molecule has 1 atom stereocenters. The van der Waals surface area contributed by atoms with E-state index in [1.807, 2.05) is 17.9 Å². The zero-order chi connectivity index (χ0) is 9.14. The molecule has 1 aromatic heterocycles. The minimum atomic E-state index is 0.409. The molecular weight excluding hydrogens is 218 g/mol. The third-order valence-corrected chi connectivity index (χ3v) is 2.71. The van der Waals surface area contributed by atoms with Crippen molar-refractivity contribution >= 4 is 15.9 Å². The van der Waals surface area contributed by atoms with Crippen molar-refractivity contribution in [1.82, 2.24) is 9.78 Å². The van der Waals surface area contributed by atoms with Crippen LogP contribution in [0.2, 0.25) is 0 Å². The van der Waals surface area contributed by atoms with Crippen molar-refractivity contribution in [3.05, 3.63) is 16.4 Å². The Kier molecular flexibility index (Phi) is 3.29. The van der Waals surface area contributed by atoms with Gasteiger partial charge in [0.2, 0.25) is 0 Å². The van der Waals surface area contributed by atoms with Crippen LogP contribution in [-0.2, 0) is 7.05 Å². The van der Waals surface area contributed by atoms with Crippen molar-refractivity contribution in [3.63, 3.8) is 0 Å².